The molecule has 0 amide bonds. The number of pyridine rings is 1. The van der Waals surface area contributed by atoms with Crippen LogP contribution in [0.1, 0.15) is 0 Å². The summed E-state index contributed by atoms with van der Waals surface area (Å²) in [6.45, 7) is 0. The molecule has 3 rings (SSSR count). The minimum atomic E-state index is -0.106. The number of nitrogens with one attached hydrogen (secondary N) is 1. The Morgan fingerprint density at radius 1 is 1.00 bits per heavy atom. The Bertz CT molecular complexity index is 874. The standard InChI is InChI=1S/C15H8BrCl2NOS/c16-8-1-2-12-13(3-8)14(7-19-15(12)20)21-11-5-9(17)4-10(18)6-11/h1-7H,(H,19,20). The summed E-state index contributed by atoms with van der Waals surface area (Å²) in [4.78, 5) is 16.5. The summed E-state index contributed by atoms with van der Waals surface area (Å²) in [5, 5.41) is 2.70. The van der Waals surface area contributed by atoms with Crippen molar-refractivity contribution in [1.82, 2.24) is 4.98 Å². The average Bonchev–Trinajstić information content (AvgIpc) is 2.41. The van der Waals surface area contributed by atoms with Gasteiger partial charge in [-0.05, 0) is 36.4 Å². The second-order valence-corrected chi connectivity index (χ2v) is 7.28. The summed E-state index contributed by atoms with van der Waals surface area (Å²) in [6, 6.07) is 10.9. The first-order chi connectivity index (χ1) is 10.0. The average molecular weight is 401 g/mol. The summed E-state index contributed by atoms with van der Waals surface area (Å²) in [5.74, 6) is 0. The predicted octanol–water partition coefficient (Wildman–Crippen LogP) is 5.75. The molecule has 0 radical (unpaired) electrons. The number of aromatic nitrogens is 1. The maximum atomic E-state index is 11.9. The van der Waals surface area contributed by atoms with Crippen LogP contribution >= 0.6 is 50.9 Å². The van der Waals surface area contributed by atoms with Crippen molar-refractivity contribution in [1.29, 1.82) is 0 Å². The number of aromatic amines is 1. The first-order valence-electron chi connectivity index (χ1n) is 5.98. The van der Waals surface area contributed by atoms with Gasteiger partial charge in [-0.2, -0.15) is 0 Å². The van der Waals surface area contributed by atoms with E-state index in [1.54, 1.807) is 18.3 Å². The maximum absolute atomic E-state index is 11.9. The summed E-state index contributed by atoms with van der Waals surface area (Å²) < 4.78 is 0.923. The van der Waals surface area contributed by atoms with Gasteiger partial charge >= 0.3 is 0 Å². The van der Waals surface area contributed by atoms with Gasteiger partial charge in [0, 0.05) is 41.3 Å². The topological polar surface area (TPSA) is 32.9 Å². The fourth-order valence-corrected chi connectivity index (χ4v) is 4.04. The van der Waals surface area contributed by atoms with Crippen LogP contribution in [-0.2, 0) is 0 Å². The summed E-state index contributed by atoms with van der Waals surface area (Å²) in [6.07, 6.45) is 1.70. The van der Waals surface area contributed by atoms with Crippen LogP contribution in [0.2, 0.25) is 10.0 Å². The number of hydrogen-bond acceptors (Lipinski definition) is 2. The van der Waals surface area contributed by atoms with E-state index in [1.165, 1.54) is 11.8 Å². The fourth-order valence-electron chi connectivity index (χ4n) is 2.00. The van der Waals surface area contributed by atoms with Crippen LogP contribution in [0, 0.1) is 0 Å². The molecule has 106 valence electrons. The van der Waals surface area contributed by atoms with Crippen molar-refractivity contribution in [2.75, 3.05) is 0 Å². The molecule has 1 N–H and O–H groups in total. The second kappa shape index (κ2) is 6.05. The van der Waals surface area contributed by atoms with Gasteiger partial charge in [0.25, 0.3) is 5.56 Å². The van der Waals surface area contributed by atoms with Crippen LogP contribution in [0.4, 0.5) is 0 Å². The van der Waals surface area contributed by atoms with Gasteiger partial charge in [0.1, 0.15) is 0 Å². The summed E-state index contributed by atoms with van der Waals surface area (Å²) in [5.41, 5.74) is -0.106. The van der Waals surface area contributed by atoms with Gasteiger partial charge in [0.2, 0.25) is 0 Å². The zero-order valence-electron chi connectivity index (χ0n) is 10.5. The van der Waals surface area contributed by atoms with Crippen molar-refractivity contribution < 1.29 is 0 Å². The first-order valence-corrected chi connectivity index (χ1v) is 8.34. The van der Waals surface area contributed by atoms with Crippen LogP contribution in [-0.4, -0.2) is 4.98 Å². The molecule has 0 aliphatic carbocycles. The maximum Gasteiger partial charge on any atom is 0.255 e. The molecule has 2 nitrogen and oxygen atoms in total. The highest BCUT2D eigenvalue weighted by Gasteiger charge is 2.08. The van der Waals surface area contributed by atoms with Crippen LogP contribution in [0.15, 0.2) is 61.7 Å². The highest BCUT2D eigenvalue weighted by Crippen LogP contribution is 2.35. The molecule has 3 aromatic rings. The number of rotatable bonds is 2. The molecule has 0 aliphatic heterocycles. The number of benzene rings is 2. The van der Waals surface area contributed by atoms with Gasteiger partial charge < -0.3 is 4.98 Å². The van der Waals surface area contributed by atoms with E-state index < -0.39 is 0 Å². The van der Waals surface area contributed by atoms with E-state index in [-0.39, 0.29) is 5.56 Å². The summed E-state index contributed by atoms with van der Waals surface area (Å²) in [7, 11) is 0. The normalized spacial score (nSPS) is 11.0. The zero-order chi connectivity index (χ0) is 15.0. The molecule has 0 saturated heterocycles. The van der Waals surface area contributed by atoms with E-state index in [2.05, 4.69) is 20.9 Å². The Labute approximate surface area is 143 Å². The minimum Gasteiger partial charge on any atom is -0.327 e. The van der Waals surface area contributed by atoms with Crippen molar-refractivity contribution in [3.8, 4) is 0 Å². The zero-order valence-corrected chi connectivity index (χ0v) is 14.4. The molecule has 0 aliphatic rings. The Morgan fingerprint density at radius 2 is 1.71 bits per heavy atom. The third-order valence-electron chi connectivity index (χ3n) is 2.89. The number of halogens is 3. The van der Waals surface area contributed by atoms with Crippen LogP contribution in [0.25, 0.3) is 10.8 Å². The SMILES string of the molecule is O=c1[nH]cc(Sc2cc(Cl)cc(Cl)c2)c2cc(Br)ccc12. The van der Waals surface area contributed by atoms with Crippen molar-refractivity contribution in [2.24, 2.45) is 0 Å². The fraction of sp³-hybridized carbons (Fsp3) is 0. The Morgan fingerprint density at radius 3 is 2.43 bits per heavy atom. The van der Waals surface area contributed by atoms with E-state index in [0.29, 0.717) is 15.4 Å². The molecule has 0 bridgehead atoms. The van der Waals surface area contributed by atoms with E-state index in [9.17, 15) is 4.79 Å². The highest BCUT2D eigenvalue weighted by atomic mass is 79.9. The third kappa shape index (κ3) is 3.29. The minimum absolute atomic E-state index is 0.106. The Hall–Kier alpha value is -0.940. The Balaban J connectivity index is 2.14. The monoisotopic (exact) mass is 399 g/mol. The van der Waals surface area contributed by atoms with Gasteiger partial charge in [0.15, 0.2) is 0 Å². The molecule has 0 fully saturated rings. The van der Waals surface area contributed by atoms with Gasteiger partial charge in [-0.15, -0.1) is 0 Å². The molecule has 0 unspecified atom stereocenters. The van der Waals surface area contributed by atoms with E-state index in [4.69, 9.17) is 23.2 Å². The Kier molecular flexibility index (Phi) is 4.31. The number of hydrogen-bond donors (Lipinski definition) is 1. The van der Waals surface area contributed by atoms with Crippen LogP contribution in [0.5, 0.6) is 0 Å². The molecule has 0 spiro atoms. The van der Waals surface area contributed by atoms with E-state index >= 15 is 0 Å². The lowest BCUT2D eigenvalue weighted by Crippen LogP contribution is -2.05. The van der Waals surface area contributed by atoms with E-state index in [1.807, 2.05) is 24.3 Å². The number of fused-ring (bicyclic) bond motifs is 1. The second-order valence-electron chi connectivity index (χ2n) is 4.38. The largest absolute Gasteiger partial charge is 0.327 e. The third-order valence-corrected chi connectivity index (χ3v) is 4.85. The lowest BCUT2D eigenvalue weighted by molar-refractivity contribution is 1.22. The lowest BCUT2D eigenvalue weighted by Gasteiger charge is -2.07. The molecule has 6 heteroatoms. The molecular formula is C15H8BrCl2NOS. The van der Waals surface area contributed by atoms with Crippen molar-refractivity contribution >= 4 is 61.7 Å². The van der Waals surface area contributed by atoms with Gasteiger partial charge in [0.05, 0.1) is 0 Å². The smallest absolute Gasteiger partial charge is 0.255 e. The highest BCUT2D eigenvalue weighted by molar-refractivity contribution is 9.10. The predicted molar refractivity (Wildman–Crippen MR) is 92.9 cm³/mol. The molecule has 21 heavy (non-hydrogen) atoms. The first kappa shape index (κ1) is 15.0. The van der Waals surface area contributed by atoms with Crippen molar-refractivity contribution in [2.45, 2.75) is 9.79 Å². The van der Waals surface area contributed by atoms with Crippen molar-refractivity contribution in [3.05, 3.63) is 67.5 Å². The molecular weight excluding hydrogens is 393 g/mol. The van der Waals surface area contributed by atoms with Gasteiger partial charge in [-0.3, -0.25) is 4.79 Å². The number of H-pyrrole nitrogens is 1. The molecule has 1 heterocycles. The molecule has 2 aromatic carbocycles. The summed E-state index contributed by atoms with van der Waals surface area (Å²) >= 11 is 17.0. The van der Waals surface area contributed by atoms with Gasteiger partial charge in [-0.1, -0.05) is 50.9 Å². The lowest BCUT2D eigenvalue weighted by atomic mass is 10.2. The van der Waals surface area contributed by atoms with Crippen LogP contribution in [0.3, 0.4) is 0 Å². The van der Waals surface area contributed by atoms with Gasteiger partial charge in [-0.25, -0.2) is 0 Å². The molecule has 1 aromatic heterocycles. The van der Waals surface area contributed by atoms with E-state index in [0.717, 1.165) is 19.6 Å². The van der Waals surface area contributed by atoms with Crippen molar-refractivity contribution in [3.63, 3.8) is 0 Å². The van der Waals surface area contributed by atoms with Crippen LogP contribution < -0.4 is 5.56 Å². The molecule has 0 atom stereocenters. The molecule has 0 saturated carbocycles. The quantitative estimate of drug-likeness (QED) is 0.594.